The Labute approximate surface area is 117 Å². The molecule has 0 aliphatic carbocycles. The molecule has 0 saturated carbocycles. The molecular formula is C16H16O4. The number of aliphatic hydroxyl groups is 2. The van der Waals surface area contributed by atoms with Crippen LogP contribution in [0.15, 0.2) is 48.5 Å². The number of benzene rings is 2. The van der Waals surface area contributed by atoms with E-state index in [1.807, 2.05) is 30.3 Å². The number of hydrogen-bond acceptors (Lipinski definition) is 4. The fourth-order valence-electron chi connectivity index (χ4n) is 1.93. The summed E-state index contributed by atoms with van der Waals surface area (Å²) < 4.78 is 4.78. The van der Waals surface area contributed by atoms with E-state index < -0.39 is 0 Å². The van der Waals surface area contributed by atoms with Gasteiger partial charge in [-0.1, -0.05) is 42.5 Å². The standard InChI is InChI=1S/C8H6O2.C8H10O2/c9-8-7-4-2-1-3-6(7)5-10-8;9-5-7-3-1-2-4-8(7)6-10/h1-4H,5H2;1-4,9-10H,5-6H2. The molecular weight excluding hydrogens is 256 g/mol. The number of carbonyl (C=O) groups is 1. The third kappa shape index (κ3) is 3.23. The maximum Gasteiger partial charge on any atom is 0.338 e. The minimum atomic E-state index is -0.199. The highest BCUT2D eigenvalue weighted by Crippen LogP contribution is 2.18. The zero-order chi connectivity index (χ0) is 14.4. The van der Waals surface area contributed by atoms with E-state index >= 15 is 0 Å². The van der Waals surface area contributed by atoms with Gasteiger partial charge < -0.3 is 14.9 Å². The summed E-state index contributed by atoms with van der Waals surface area (Å²) in [4.78, 5) is 10.8. The van der Waals surface area contributed by atoms with E-state index in [1.165, 1.54) is 0 Å². The average Bonchev–Trinajstić information content (AvgIpc) is 2.90. The van der Waals surface area contributed by atoms with Gasteiger partial charge in [-0.3, -0.25) is 0 Å². The molecule has 2 aromatic carbocycles. The molecule has 0 radical (unpaired) electrons. The first-order chi connectivity index (χ1) is 9.76. The van der Waals surface area contributed by atoms with E-state index in [-0.39, 0.29) is 19.2 Å². The summed E-state index contributed by atoms with van der Waals surface area (Å²) in [7, 11) is 0. The Morgan fingerprint density at radius 1 is 0.900 bits per heavy atom. The normalized spacial score (nSPS) is 12.2. The number of rotatable bonds is 2. The van der Waals surface area contributed by atoms with E-state index in [2.05, 4.69) is 0 Å². The lowest BCUT2D eigenvalue weighted by atomic mass is 10.1. The van der Waals surface area contributed by atoms with Gasteiger partial charge in [0.15, 0.2) is 0 Å². The van der Waals surface area contributed by atoms with Crippen molar-refractivity contribution >= 4 is 5.97 Å². The Morgan fingerprint density at radius 2 is 1.45 bits per heavy atom. The Morgan fingerprint density at radius 3 is 2.00 bits per heavy atom. The van der Waals surface area contributed by atoms with Crippen LogP contribution >= 0.6 is 0 Å². The van der Waals surface area contributed by atoms with Crippen LogP contribution in [-0.4, -0.2) is 16.2 Å². The number of carbonyl (C=O) groups excluding carboxylic acids is 1. The summed E-state index contributed by atoms with van der Waals surface area (Å²) in [6.45, 7) is 0.433. The molecule has 0 atom stereocenters. The molecule has 1 aliphatic rings. The number of esters is 1. The molecule has 0 spiro atoms. The molecule has 1 aliphatic heterocycles. The highest BCUT2D eigenvalue weighted by Gasteiger charge is 2.18. The maximum absolute atomic E-state index is 10.8. The van der Waals surface area contributed by atoms with Gasteiger partial charge in [-0.15, -0.1) is 0 Å². The molecule has 4 heteroatoms. The topological polar surface area (TPSA) is 66.8 Å². The maximum atomic E-state index is 10.8. The highest BCUT2D eigenvalue weighted by molar-refractivity contribution is 5.93. The fraction of sp³-hybridized carbons (Fsp3) is 0.188. The second-order valence-electron chi connectivity index (χ2n) is 4.32. The number of aliphatic hydroxyl groups excluding tert-OH is 2. The molecule has 0 aromatic heterocycles. The van der Waals surface area contributed by atoms with Crippen LogP contribution < -0.4 is 0 Å². The number of fused-ring (bicyclic) bond motifs is 1. The molecule has 0 bridgehead atoms. The minimum absolute atomic E-state index is 0.00324. The van der Waals surface area contributed by atoms with E-state index in [1.54, 1.807) is 18.2 Å². The molecule has 20 heavy (non-hydrogen) atoms. The van der Waals surface area contributed by atoms with Crippen LogP contribution in [0.4, 0.5) is 0 Å². The minimum Gasteiger partial charge on any atom is -0.457 e. The highest BCUT2D eigenvalue weighted by atomic mass is 16.5. The van der Waals surface area contributed by atoms with Crippen LogP contribution in [0.2, 0.25) is 0 Å². The van der Waals surface area contributed by atoms with Crippen molar-refractivity contribution in [2.24, 2.45) is 0 Å². The fourth-order valence-corrected chi connectivity index (χ4v) is 1.93. The first kappa shape index (κ1) is 14.2. The smallest absolute Gasteiger partial charge is 0.338 e. The van der Waals surface area contributed by atoms with E-state index in [9.17, 15) is 4.79 Å². The molecule has 0 saturated heterocycles. The van der Waals surface area contributed by atoms with Crippen molar-refractivity contribution in [3.63, 3.8) is 0 Å². The van der Waals surface area contributed by atoms with Gasteiger partial charge >= 0.3 is 5.97 Å². The largest absolute Gasteiger partial charge is 0.457 e. The van der Waals surface area contributed by atoms with Crippen molar-refractivity contribution in [2.75, 3.05) is 0 Å². The first-order valence-corrected chi connectivity index (χ1v) is 6.29. The molecule has 104 valence electrons. The van der Waals surface area contributed by atoms with Gasteiger partial charge in [-0.2, -0.15) is 0 Å². The summed E-state index contributed by atoms with van der Waals surface area (Å²) >= 11 is 0. The van der Waals surface area contributed by atoms with E-state index in [0.717, 1.165) is 16.7 Å². The Balaban J connectivity index is 0.000000147. The Bertz CT molecular complexity index is 570. The van der Waals surface area contributed by atoms with Crippen LogP contribution in [0.5, 0.6) is 0 Å². The third-order valence-corrected chi connectivity index (χ3v) is 3.06. The van der Waals surface area contributed by atoms with Crippen molar-refractivity contribution in [1.82, 2.24) is 0 Å². The third-order valence-electron chi connectivity index (χ3n) is 3.06. The molecule has 1 heterocycles. The van der Waals surface area contributed by atoms with Gasteiger partial charge in [0.1, 0.15) is 6.61 Å². The lowest BCUT2D eigenvalue weighted by Gasteiger charge is -2.01. The van der Waals surface area contributed by atoms with Crippen molar-refractivity contribution in [3.05, 3.63) is 70.8 Å². The van der Waals surface area contributed by atoms with E-state index in [4.69, 9.17) is 14.9 Å². The Kier molecular flexibility index (Phi) is 4.87. The van der Waals surface area contributed by atoms with Crippen LogP contribution in [0, 0.1) is 0 Å². The molecule has 2 N–H and O–H groups in total. The molecule has 0 unspecified atom stereocenters. The summed E-state index contributed by atoms with van der Waals surface area (Å²) in [5.41, 5.74) is 3.30. The SMILES string of the molecule is O=C1OCc2ccccc21.OCc1ccccc1CO. The monoisotopic (exact) mass is 272 g/mol. The number of hydrogen-bond donors (Lipinski definition) is 2. The first-order valence-electron chi connectivity index (χ1n) is 6.29. The molecule has 0 amide bonds. The van der Waals surface area contributed by atoms with Gasteiger partial charge in [0.25, 0.3) is 0 Å². The van der Waals surface area contributed by atoms with Gasteiger partial charge in [-0.25, -0.2) is 4.79 Å². The molecule has 2 aromatic rings. The van der Waals surface area contributed by atoms with Gasteiger partial charge in [0.2, 0.25) is 0 Å². The molecule has 0 fully saturated rings. The van der Waals surface area contributed by atoms with Crippen molar-refractivity contribution in [3.8, 4) is 0 Å². The molecule has 3 rings (SSSR count). The van der Waals surface area contributed by atoms with Crippen LogP contribution in [0.25, 0.3) is 0 Å². The predicted octanol–water partition coefficient (Wildman–Crippen LogP) is 2.03. The summed E-state index contributed by atoms with van der Waals surface area (Å²) in [6, 6.07) is 14.7. The number of cyclic esters (lactones) is 1. The molecule has 4 nitrogen and oxygen atoms in total. The van der Waals surface area contributed by atoms with Crippen molar-refractivity contribution in [1.29, 1.82) is 0 Å². The zero-order valence-electron chi connectivity index (χ0n) is 11.0. The van der Waals surface area contributed by atoms with Crippen LogP contribution in [0.3, 0.4) is 0 Å². The summed E-state index contributed by atoms with van der Waals surface area (Å²) in [5, 5.41) is 17.5. The van der Waals surface area contributed by atoms with Crippen molar-refractivity contribution in [2.45, 2.75) is 19.8 Å². The lowest BCUT2D eigenvalue weighted by molar-refractivity contribution is 0.0535. The second kappa shape index (κ2) is 6.84. The quantitative estimate of drug-likeness (QED) is 0.821. The summed E-state index contributed by atoms with van der Waals surface area (Å²) in [5.74, 6) is -0.199. The zero-order valence-corrected chi connectivity index (χ0v) is 11.0. The number of ether oxygens (including phenoxy) is 1. The average molecular weight is 272 g/mol. The van der Waals surface area contributed by atoms with Crippen molar-refractivity contribution < 1.29 is 19.7 Å². The lowest BCUT2D eigenvalue weighted by Crippen LogP contribution is -1.91. The Hall–Kier alpha value is -2.17. The second-order valence-corrected chi connectivity index (χ2v) is 4.32. The van der Waals surface area contributed by atoms with E-state index in [0.29, 0.717) is 12.2 Å². The van der Waals surface area contributed by atoms with Crippen LogP contribution in [-0.2, 0) is 24.6 Å². The van der Waals surface area contributed by atoms with Crippen LogP contribution in [0.1, 0.15) is 27.0 Å². The predicted molar refractivity (Wildman–Crippen MR) is 73.8 cm³/mol. The van der Waals surface area contributed by atoms with Gasteiger partial charge in [-0.05, 0) is 17.2 Å². The van der Waals surface area contributed by atoms with Gasteiger partial charge in [0.05, 0.1) is 18.8 Å². The summed E-state index contributed by atoms with van der Waals surface area (Å²) in [6.07, 6.45) is 0. The van der Waals surface area contributed by atoms with Gasteiger partial charge in [0, 0.05) is 5.56 Å².